The molecule has 176 valence electrons. The summed E-state index contributed by atoms with van der Waals surface area (Å²) in [5.41, 5.74) is 3.01. The van der Waals surface area contributed by atoms with Gasteiger partial charge >= 0.3 is 11.9 Å². The van der Waals surface area contributed by atoms with Crippen LogP contribution in [-0.2, 0) is 19.1 Å². The van der Waals surface area contributed by atoms with E-state index >= 15 is 0 Å². The normalized spacial score (nSPS) is 10.3. The summed E-state index contributed by atoms with van der Waals surface area (Å²) in [5.74, 6) is -2.37. The second-order valence-electron chi connectivity index (χ2n) is 7.20. The molecule has 1 heterocycles. The Labute approximate surface area is 200 Å². The number of carbonyl (C=O) groups excluding carboxylic acids is 4. The smallest absolute Gasteiger partial charge is 0.341 e. The Morgan fingerprint density at radius 2 is 1.74 bits per heavy atom. The molecule has 2 amide bonds. The molecular weight excluding hydrogens is 456 g/mol. The molecule has 0 atom stereocenters. The van der Waals surface area contributed by atoms with Crippen LogP contribution in [0.15, 0.2) is 60.0 Å². The van der Waals surface area contributed by atoms with Gasteiger partial charge in [0.2, 0.25) is 0 Å². The average Bonchev–Trinajstić information content (AvgIpc) is 3.25. The maximum atomic E-state index is 12.6. The van der Waals surface area contributed by atoms with Crippen molar-refractivity contribution in [1.82, 2.24) is 5.32 Å². The second-order valence-corrected chi connectivity index (χ2v) is 8.08. The number of amides is 2. The summed E-state index contributed by atoms with van der Waals surface area (Å²) >= 11 is 1.17. The number of anilines is 1. The van der Waals surface area contributed by atoms with Gasteiger partial charge in [0.25, 0.3) is 11.8 Å². The van der Waals surface area contributed by atoms with Gasteiger partial charge in [0, 0.05) is 16.5 Å². The Kier molecular flexibility index (Phi) is 8.53. The van der Waals surface area contributed by atoms with Crippen molar-refractivity contribution in [3.63, 3.8) is 0 Å². The third kappa shape index (κ3) is 6.52. The van der Waals surface area contributed by atoms with Crippen molar-refractivity contribution in [2.24, 2.45) is 0 Å². The van der Waals surface area contributed by atoms with Crippen LogP contribution in [0.1, 0.15) is 33.2 Å². The zero-order valence-corrected chi connectivity index (χ0v) is 19.6. The predicted molar refractivity (Wildman–Crippen MR) is 129 cm³/mol. The maximum absolute atomic E-state index is 12.6. The molecule has 0 spiro atoms. The van der Waals surface area contributed by atoms with Gasteiger partial charge in [0.05, 0.1) is 6.61 Å². The third-order valence-corrected chi connectivity index (χ3v) is 5.54. The molecule has 9 heteroatoms. The minimum Gasteiger partial charge on any atom is -0.462 e. The fourth-order valence-corrected chi connectivity index (χ4v) is 4.06. The molecule has 2 aromatic carbocycles. The molecular formula is C25H24N2O6S. The monoisotopic (exact) mass is 480 g/mol. The standard InChI is InChI=1S/C25H24N2O6S/c1-3-32-25(31)22-19(17-9-5-4-6-10-17)15-34-24(22)27-20(28)14-33-21(29)13-26-23(30)18-11-7-8-16(2)12-18/h4-12,15H,3,13-14H2,1-2H3,(H,26,30)(H,27,28). The molecule has 34 heavy (non-hydrogen) atoms. The molecule has 3 aromatic rings. The molecule has 0 saturated heterocycles. The number of rotatable bonds is 9. The van der Waals surface area contributed by atoms with E-state index in [4.69, 9.17) is 9.47 Å². The van der Waals surface area contributed by atoms with Crippen LogP contribution in [0.3, 0.4) is 0 Å². The van der Waals surface area contributed by atoms with Crippen molar-refractivity contribution < 1.29 is 28.7 Å². The van der Waals surface area contributed by atoms with E-state index in [1.54, 1.807) is 30.5 Å². The molecule has 3 rings (SSSR count). The lowest BCUT2D eigenvalue weighted by Gasteiger charge is -2.10. The van der Waals surface area contributed by atoms with Crippen molar-refractivity contribution >= 4 is 40.1 Å². The first-order valence-corrected chi connectivity index (χ1v) is 11.4. The molecule has 0 unspecified atom stereocenters. The van der Waals surface area contributed by atoms with Crippen LogP contribution in [0.2, 0.25) is 0 Å². The SMILES string of the molecule is CCOC(=O)c1c(-c2ccccc2)csc1NC(=O)COC(=O)CNC(=O)c1cccc(C)c1. The lowest BCUT2D eigenvalue weighted by atomic mass is 10.0. The van der Waals surface area contributed by atoms with Gasteiger partial charge < -0.3 is 20.1 Å². The molecule has 1 aromatic heterocycles. The van der Waals surface area contributed by atoms with Gasteiger partial charge in [-0.2, -0.15) is 0 Å². The highest BCUT2D eigenvalue weighted by Gasteiger charge is 2.23. The maximum Gasteiger partial charge on any atom is 0.341 e. The largest absolute Gasteiger partial charge is 0.462 e. The van der Waals surface area contributed by atoms with E-state index in [9.17, 15) is 19.2 Å². The van der Waals surface area contributed by atoms with E-state index < -0.39 is 30.4 Å². The van der Waals surface area contributed by atoms with Gasteiger partial charge in [-0.15, -0.1) is 11.3 Å². The molecule has 2 N–H and O–H groups in total. The van der Waals surface area contributed by atoms with E-state index in [1.165, 1.54) is 11.3 Å². The molecule has 0 bridgehead atoms. The Morgan fingerprint density at radius 3 is 2.44 bits per heavy atom. The van der Waals surface area contributed by atoms with Crippen molar-refractivity contribution in [1.29, 1.82) is 0 Å². The number of esters is 2. The van der Waals surface area contributed by atoms with Gasteiger partial charge in [-0.3, -0.25) is 14.4 Å². The van der Waals surface area contributed by atoms with E-state index in [0.29, 0.717) is 16.1 Å². The first-order valence-electron chi connectivity index (χ1n) is 10.5. The molecule has 0 fully saturated rings. The van der Waals surface area contributed by atoms with E-state index in [1.807, 2.05) is 43.3 Å². The van der Waals surface area contributed by atoms with Crippen molar-refractivity contribution in [2.75, 3.05) is 25.1 Å². The Morgan fingerprint density at radius 1 is 0.971 bits per heavy atom. The van der Waals surface area contributed by atoms with Crippen LogP contribution in [0.4, 0.5) is 5.00 Å². The summed E-state index contributed by atoms with van der Waals surface area (Å²) in [6, 6.07) is 16.2. The minimum absolute atomic E-state index is 0.183. The van der Waals surface area contributed by atoms with Gasteiger partial charge in [-0.1, -0.05) is 48.0 Å². The number of aryl methyl sites for hydroxylation is 1. The molecule has 0 aliphatic carbocycles. The summed E-state index contributed by atoms with van der Waals surface area (Å²) in [7, 11) is 0. The average molecular weight is 481 g/mol. The van der Waals surface area contributed by atoms with Crippen molar-refractivity contribution in [3.8, 4) is 11.1 Å². The van der Waals surface area contributed by atoms with Crippen LogP contribution < -0.4 is 10.6 Å². The summed E-state index contributed by atoms with van der Waals surface area (Å²) in [6.07, 6.45) is 0. The number of ether oxygens (including phenoxy) is 2. The molecule has 0 aliphatic rings. The fraction of sp³-hybridized carbons (Fsp3) is 0.200. The summed E-state index contributed by atoms with van der Waals surface area (Å²) < 4.78 is 10.1. The third-order valence-electron chi connectivity index (χ3n) is 4.65. The van der Waals surface area contributed by atoms with Crippen LogP contribution in [-0.4, -0.2) is 43.5 Å². The zero-order chi connectivity index (χ0) is 24.5. The van der Waals surface area contributed by atoms with Gasteiger partial charge in [-0.05, 0) is 31.5 Å². The summed E-state index contributed by atoms with van der Waals surface area (Å²) in [4.78, 5) is 49.0. The Bertz CT molecular complexity index is 1190. The van der Waals surface area contributed by atoms with E-state index in [2.05, 4.69) is 10.6 Å². The first-order chi connectivity index (χ1) is 16.4. The minimum atomic E-state index is -0.766. The molecule has 0 aliphatic heterocycles. The topological polar surface area (TPSA) is 111 Å². The molecule has 8 nitrogen and oxygen atoms in total. The Hall–Kier alpha value is -3.98. The lowest BCUT2D eigenvalue weighted by Crippen LogP contribution is -2.32. The number of carbonyl (C=O) groups is 4. The van der Waals surface area contributed by atoms with Crippen LogP contribution in [0.5, 0.6) is 0 Å². The highest BCUT2D eigenvalue weighted by Crippen LogP contribution is 2.36. The van der Waals surface area contributed by atoms with Crippen molar-refractivity contribution in [2.45, 2.75) is 13.8 Å². The van der Waals surface area contributed by atoms with Crippen LogP contribution in [0, 0.1) is 6.92 Å². The molecule has 0 radical (unpaired) electrons. The summed E-state index contributed by atoms with van der Waals surface area (Å²) in [6.45, 7) is 2.78. The molecule has 0 saturated carbocycles. The second kappa shape index (κ2) is 11.8. The number of hydrogen-bond acceptors (Lipinski definition) is 7. The van der Waals surface area contributed by atoms with Gasteiger partial charge in [-0.25, -0.2) is 4.79 Å². The highest BCUT2D eigenvalue weighted by molar-refractivity contribution is 7.15. The number of thiophene rings is 1. The van der Waals surface area contributed by atoms with Gasteiger partial charge in [0.1, 0.15) is 17.1 Å². The number of nitrogens with one attached hydrogen (secondary N) is 2. The fourth-order valence-electron chi connectivity index (χ4n) is 3.09. The summed E-state index contributed by atoms with van der Waals surface area (Å²) in [5, 5.41) is 7.11. The van der Waals surface area contributed by atoms with Crippen LogP contribution >= 0.6 is 11.3 Å². The number of benzene rings is 2. The predicted octanol–water partition coefficient (Wildman–Crippen LogP) is 3.81. The highest BCUT2D eigenvalue weighted by atomic mass is 32.1. The van der Waals surface area contributed by atoms with E-state index in [-0.39, 0.29) is 18.7 Å². The van der Waals surface area contributed by atoms with E-state index in [0.717, 1.165) is 11.1 Å². The lowest BCUT2D eigenvalue weighted by molar-refractivity contribution is -0.146. The quantitative estimate of drug-likeness (QED) is 0.451. The Balaban J connectivity index is 1.58. The van der Waals surface area contributed by atoms with Crippen LogP contribution in [0.25, 0.3) is 11.1 Å². The number of hydrogen-bond donors (Lipinski definition) is 2. The van der Waals surface area contributed by atoms with Gasteiger partial charge in [0.15, 0.2) is 6.61 Å². The van der Waals surface area contributed by atoms with Crippen molar-refractivity contribution in [3.05, 3.63) is 76.7 Å². The zero-order valence-electron chi connectivity index (χ0n) is 18.8. The first kappa shape index (κ1) is 24.7.